The molecule has 0 radical (unpaired) electrons. The maximum absolute atomic E-state index is 11.3. The van der Waals surface area contributed by atoms with E-state index < -0.39 is 0 Å². The molecule has 2 N–H and O–H groups in total. The van der Waals surface area contributed by atoms with E-state index in [0.29, 0.717) is 6.04 Å². The largest absolute Gasteiger partial charge is 0.369 e. The van der Waals surface area contributed by atoms with Gasteiger partial charge in [0.15, 0.2) is 0 Å². The Kier molecular flexibility index (Phi) is 3.58. The fraction of sp³-hybridized carbons (Fsp3) is 0.389. The zero-order valence-corrected chi connectivity index (χ0v) is 12.7. The van der Waals surface area contributed by atoms with Crippen molar-refractivity contribution in [2.24, 2.45) is 11.7 Å². The third kappa shape index (κ3) is 2.48. The van der Waals surface area contributed by atoms with Crippen LogP contribution in [0.15, 0.2) is 36.5 Å². The number of para-hydroxylation sites is 1. The number of carbonyl (C=O) groups excluding carboxylic acids is 1. The molecule has 3 rings (SSSR count). The summed E-state index contributed by atoms with van der Waals surface area (Å²) >= 11 is 0. The molecule has 3 heteroatoms. The van der Waals surface area contributed by atoms with Gasteiger partial charge in [-0.3, -0.25) is 4.79 Å². The summed E-state index contributed by atoms with van der Waals surface area (Å²) in [6.07, 6.45) is 7.02. The van der Waals surface area contributed by atoms with Crippen molar-refractivity contribution >= 4 is 22.4 Å². The summed E-state index contributed by atoms with van der Waals surface area (Å²) in [5.74, 6) is -0.165. The van der Waals surface area contributed by atoms with Gasteiger partial charge in [0.25, 0.3) is 0 Å². The molecule has 1 amide bonds. The van der Waals surface area contributed by atoms with Gasteiger partial charge in [-0.1, -0.05) is 24.3 Å². The molecule has 0 bridgehead atoms. The van der Waals surface area contributed by atoms with Crippen LogP contribution in [0.5, 0.6) is 0 Å². The van der Waals surface area contributed by atoms with Crippen molar-refractivity contribution in [2.75, 3.05) is 0 Å². The SMILES string of the molecule is CC(C)n1cc(C2=CCC(C(N)=O)CC2)c2ccccc21. The molecular weight excluding hydrogens is 260 g/mol. The summed E-state index contributed by atoms with van der Waals surface area (Å²) in [5.41, 5.74) is 9.35. The minimum Gasteiger partial charge on any atom is -0.369 e. The van der Waals surface area contributed by atoms with Gasteiger partial charge in [0.1, 0.15) is 0 Å². The van der Waals surface area contributed by atoms with Crippen molar-refractivity contribution in [1.29, 1.82) is 0 Å². The van der Waals surface area contributed by atoms with Crippen LogP contribution >= 0.6 is 0 Å². The smallest absolute Gasteiger partial charge is 0.220 e. The van der Waals surface area contributed by atoms with Gasteiger partial charge in [-0.15, -0.1) is 0 Å². The number of hydrogen-bond donors (Lipinski definition) is 1. The van der Waals surface area contributed by atoms with E-state index >= 15 is 0 Å². The van der Waals surface area contributed by atoms with Crippen molar-refractivity contribution in [1.82, 2.24) is 4.57 Å². The lowest BCUT2D eigenvalue weighted by Gasteiger charge is -2.19. The Morgan fingerprint density at radius 2 is 2.10 bits per heavy atom. The molecule has 2 aromatic rings. The van der Waals surface area contributed by atoms with Crippen LogP contribution in [-0.2, 0) is 4.79 Å². The molecule has 1 aromatic heterocycles. The first-order valence-corrected chi connectivity index (χ1v) is 7.66. The van der Waals surface area contributed by atoms with Gasteiger partial charge in [-0.25, -0.2) is 0 Å². The third-order valence-corrected chi connectivity index (χ3v) is 4.46. The Morgan fingerprint density at radius 3 is 2.71 bits per heavy atom. The van der Waals surface area contributed by atoms with E-state index in [-0.39, 0.29) is 11.8 Å². The van der Waals surface area contributed by atoms with Crippen LogP contribution < -0.4 is 5.73 Å². The number of benzene rings is 1. The second kappa shape index (κ2) is 5.40. The maximum Gasteiger partial charge on any atom is 0.220 e. The third-order valence-electron chi connectivity index (χ3n) is 4.46. The van der Waals surface area contributed by atoms with E-state index in [0.717, 1.165) is 19.3 Å². The Bertz CT molecular complexity index is 709. The number of nitrogens with two attached hydrogens (primary N) is 1. The normalized spacial score (nSPS) is 19.0. The molecule has 0 saturated heterocycles. The summed E-state index contributed by atoms with van der Waals surface area (Å²) in [4.78, 5) is 11.3. The molecule has 3 nitrogen and oxygen atoms in total. The molecule has 1 aliphatic rings. The summed E-state index contributed by atoms with van der Waals surface area (Å²) in [5, 5.41) is 1.30. The second-order valence-electron chi connectivity index (χ2n) is 6.16. The van der Waals surface area contributed by atoms with Gasteiger partial charge in [-0.2, -0.15) is 0 Å². The predicted octanol–water partition coefficient (Wildman–Crippen LogP) is 3.89. The zero-order valence-electron chi connectivity index (χ0n) is 12.7. The van der Waals surface area contributed by atoms with Crippen LogP contribution in [-0.4, -0.2) is 10.5 Å². The average Bonchev–Trinajstić information content (AvgIpc) is 2.87. The second-order valence-corrected chi connectivity index (χ2v) is 6.16. The Hall–Kier alpha value is -2.03. The van der Waals surface area contributed by atoms with Crippen molar-refractivity contribution in [3.8, 4) is 0 Å². The number of carbonyl (C=O) groups is 1. The van der Waals surface area contributed by atoms with Crippen molar-refractivity contribution in [3.63, 3.8) is 0 Å². The van der Waals surface area contributed by atoms with E-state index in [2.05, 4.69) is 55.0 Å². The number of hydrogen-bond acceptors (Lipinski definition) is 1. The van der Waals surface area contributed by atoms with Gasteiger partial charge in [0, 0.05) is 34.6 Å². The van der Waals surface area contributed by atoms with E-state index in [1.54, 1.807) is 0 Å². The van der Waals surface area contributed by atoms with Crippen molar-refractivity contribution < 1.29 is 4.79 Å². The monoisotopic (exact) mass is 282 g/mol. The molecule has 21 heavy (non-hydrogen) atoms. The summed E-state index contributed by atoms with van der Waals surface area (Å²) < 4.78 is 2.33. The predicted molar refractivity (Wildman–Crippen MR) is 86.8 cm³/mol. The molecule has 1 aromatic carbocycles. The Morgan fingerprint density at radius 1 is 1.33 bits per heavy atom. The highest BCUT2D eigenvalue weighted by Gasteiger charge is 2.21. The average molecular weight is 282 g/mol. The van der Waals surface area contributed by atoms with Crippen LogP contribution in [0, 0.1) is 5.92 Å². The van der Waals surface area contributed by atoms with E-state index in [1.807, 2.05) is 0 Å². The fourth-order valence-electron chi connectivity index (χ4n) is 3.23. The Balaban J connectivity index is 2.04. The first-order chi connectivity index (χ1) is 10.1. The molecule has 0 spiro atoms. The van der Waals surface area contributed by atoms with Crippen molar-refractivity contribution in [2.45, 2.75) is 39.2 Å². The first-order valence-electron chi connectivity index (χ1n) is 7.66. The summed E-state index contributed by atoms with van der Waals surface area (Å²) in [6, 6.07) is 8.97. The van der Waals surface area contributed by atoms with Gasteiger partial charge in [0.05, 0.1) is 0 Å². The zero-order chi connectivity index (χ0) is 15.0. The number of primary amides is 1. The van der Waals surface area contributed by atoms with Crippen LogP contribution in [0.4, 0.5) is 0 Å². The summed E-state index contributed by atoms with van der Waals surface area (Å²) in [6.45, 7) is 4.41. The fourth-order valence-corrected chi connectivity index (χ4v) is 3.23. The number of aromatic nitrogens is 1. The molecule has 110 valence electrons. The molecule has 0 aliphatic heterocycles. The molecule has 1 unspecified atom stereocenters. The minimum absolute atomic E-state index is 0.00667. The lowest BCUT2D eigenvalue weighted by molar-refractivity contribution is -0.121. The van der Waals surface area contributed by atoms with Gasteiger partial charge in [-0.05, 0) is 44.7 Å². The van der Waals surface area contributed by atoms with Crippen molar-refractivity contribution in [3.05, 3.63) is 42.1 Å². The molecule has 1 aliphatic carbocycles. The van der Waals surface area contributed by atoms with E-state index in [1.165, 1.54) is 22.0 Å². The highest BCUT2D eigenvalue weighted by molar-refractivity contribution is 5.93. The van der Waals surface area contributed by atoms with Crippen LogP contribution in [0.25, 0.3) is 16.5 Å². The lowest BCUT2D eigenvalue weighted by atomic mass is 9.86. The van der Waals surface area contributed by atoms with Crippen LogP contribution in [0.1, 0.15) is 44.7 Å². The number of rotatable bonds is 3. The first kappa shape index (κ1) is 13.9. The summed E-state index contributed by atoms with van der Waals surface area (Å²) in [7, 11) is 0. The topological polar surface area (TPSA) is 48.0 Å². The van der Waals surface area contributed by atoms with Gasteiger partial charge < -0.3 is 10.3 Å². The molecule has 1 heterocycles. The molecule has 0 fully saturated rings. The highest BCUT2D eigenvalue weighted by atomic mass is 16.1. The maximum atomic E-state index is 11.3. The quantitative estimate of drug-likeness (QED) is 0.912. The highest BCUT2D eigenvalue weighted by Crippen LogP contribution is 2.35. The molecular formula is C18H22N2O. The standard InChI is InChI=1S/C18H22N2O/c1-12(2)20-11-16(15-5-3-4-6-17(15)20)13-7-9-14(10-8-13)18(19)21/h3-7,11-12,14H,8-10H2,1-2H3,(H2,19,21). The molecule has 0 saturated carbocycles. The lowest BCUT2D eigenvalue weighted by Crippen LogP contribution is -2.24. The Labute approximate surface area is 125 Å². The van der Waals surface area contributed by atoms with E-state index in [9.17, 15) is 4.79 Å². The van der Waals surface area contributed by atoms with E-state index in [4.69, 9.17) is 5.73 Å². The van der Waals surface area contributed by atoms with Gasteiger partial charge in [0.2, 0.25) is 5.91 Å². The minimum atomic E-state index is -0.171. The number of fused-ring (bicyclic) bond motifs is 1. The van der Waals surface area contributed by atoms with Gasteiger partial charge >= 0.3 is 0 Å². The van der Waals surface area contributed by atoms with Crippen LogP contribution in [0.3, 0.4) is 0 Å². The number of nitrogens with zero attached hydrogens (tertiary/aromatic N) is 1. The number of amides is 1. The van der Waals surface area contributed by atoms with Crippen LogP contribution in [0.2, 0.25) is 0 Å². The number of allylic oxidation sites excluding steroid dienone is 2. The molecule has 1 atom stereocenters.